The van der Waals surface area contributed by atoms with E-state index in [1.807, 2.05) is 49.6 Å². The van der Waals surface area contributed by atoms with Gasteiger partial charge in [0.05, 0.1) is 66.4 Å². The van der Waals surface area contributed by atoms with E-state index in [9.17, 15) is 58.5 Å². The van der Waals surface area contributed by atoms with E-state index in [0.29, 0.717) is 76.0 Å². The lowest BCUT2D eigenvalue weighted by molar-refractivity contribution is -0.139. The first-order chi connectivity index (χ1) is 46.0. The van der Waals surface area contributed by atoms with Crippen molar-refractivity contribution in [1.82, 2.24) is 56.2 Å². The third-order valence-electron chi connectivity index (χ3n) is 14.5. The number of carboxylic acids is 3. The van der Waals surface area contributed by atoms with Gasteiger partial charge in [-0.25, -0.2) is 39.7 Å². The van der Waals surface area contributed by atoms with Crippen LogP contribution in [0.2, 0.25) is 0 Å². The number of primary amides is 1. The zero-order valence-corrected chi connectivity index (χ0v) is 57.4. The minimum atomic E-state index is -1.12. The number of amides is 6. The Morgan fingerprint density at radius 2 is 1.38 bits per heavy atom. The van der Waals surface area contributed by atoms with E-state index in [2.05, 4.69) is 31.2 Å². The summed E-state index contributed by atoms with van der Waals surface area (Å²) in [5.41, 5.74) is 8.06. The number of nitrogens with two attached hydrogens (primary N) is 1. The van der Waals surface area contributed by atoms with Gasteiger partial charge in [0.1, 0.15) is 65.0 Å². The number of hydrogen-bond donors (Lipinski definition) is 9. The fraction of sp³-hybridized carbons (Fsp3) is 0.387. The van der Waals surface area contributed by atoms with E-state index in [0.717, 1.165) is 50.9 Å². The number of aliphatic hydroxyl groups excluding tert-OH is 1. The molecule has 28 nitrogen and oxygen atoms in total. The highest BCUT2D eigenvalue weighted by Crippen LogP contribution is 2.40. The molecule has 0 saturated carbocycles. The number of ether oxygens (including phenoxy) is 2. The zero-order chi connectivity index (χ0) is 69.2. The zero-order valence-electron chi connectivity index (χ0n) is 52.5. The third kappa shape index (κ3) is 20.1. The van der Waals surface area contributed by atoms with Gasteiger partial charge >= 0.3 is 24.0 Å². The van der Waals surface area contributed by atoms with Crippen molar-refractivity contribution >= 4 is 127 Å². The number of unbranched alkanes of at least 4 members (excludes halogenated alkanes) is 2. The van der Waals surface area contributed by atoms with Gasteiger partial charge in [0.2, 0.25) is 11.8 Å². The Labute approximate surface area is 573 Å². The molecule has 1 aromatic carbocycles. The van der Waals surface area contributed by atoms with Crippen molar-refractivity contribution in [2.24, 2.45) is 17.6 Å². The summed E-state index contributed by atoms with van der Waals surface area (Å²) >= 11 is 7.20. The van der Waals surface area contributed by atoms with Crippen molar-refractivity contribution in [3.05, 3.63) is 111 Å². The fourth-order valence-corrected chi connectivity index (χ4v) is 15.1. The van der Waals surface area contributed by atoms with E-state index in [1.165, 1.54) is 47.1 Å². The number of pyridine rings is 1. The number of aliphatic carboxylic acids is 3. The predicted octanol–water partition coefficient (Wildman–Crippen LogP) is 9.10. The van der Waals surface area contributed by atoms with E-state index >= 15 is 0 Å². The first kappa shape index (κ1) is 72.9. The number of rotatable bonds is 36. The first-order valence-electron chi connectivity index (χ1n) is 30.0. The molecule has 7 heterocycles. The lowest BCUT2D eigenvalue weighted by atomic mass is 9.98. The number of benzene rings is 1. The van der Waals surface area contributed by atoms with Crippen LogP contribution in [-0.4, -0.2) is 143 Å². The van der Waals surface area contributed by atoms with Crippen LogP contribution in [0.4, 0.5) is 10.6 Å². The number of aliphatic hydroxyl groups is 1. The number of carbonyl (C=O) groups excluding carboxylic acids is 6. The van der Waals surface area contributed by atoms with Gasteiger partial charge in [0.15, 0.2) is 0 Å². The first-order valence-corrected chi connectivity index (χ1v) is 35.1. The van der Waals surface area contributed by atoms with Crippen LogP contribution in [0.25, 0.3) is 43.4 Å². The average Bonchev–Trinajstić information content (AvgIpc) is 1.61. The summed E-state index contributed by atoms with van der Waals surface area (Å²) in [7, 11) is 2.89. The van der Waals surface area contributed by atoms with E-state index in [-0.39, 0.29) is 105 Å². The average molecular weight is 1430 g/mol. The number of anilines is 1. The lowest BCUT2D eigenvalue weighted by Crippen LogP contribution is -2.34. The quantitative estimate of drug-likeness (QED) is 0.0165. The molecular formula is C62H69N13O15S6. The number of hydrogen-bond acceptors (Lipinski definition) is 25. The Bertz CT molecular complexity index is 4070. The van der Waals surface area contributed by atoms with Crippen LogP contribution >= 0.6 is 68.0 Å². The second-order valence-corrected chi connectivity index (χ2v) is 27.9. The molecule has 96 heavy (non-hydrogen) atoms. The fourth-order valence-electron chi connectivity index (χ4n) is 9.61. The molecule has 0 bridgehead atoms. The molecule has 0 aliphatic heterocycles. The molecule has 0 spiro atoms. The van der Waals surface area contributed by atoms with Gasteiger partial charge in [-0.2, -0.15) is 0 Å². The SMILES string of the molecule is CNC(=O)C[C@H](NC(=O)c1csc(-c2ccc(-c3nc(N(CCCCC(=O)O)C(=O)OCC(CCCCC(=O)O)CC(=O)O)cs3)nc2-c2csc(-c3csc(C[C@@H](O)c4ccccc4)n3)n2)n1)c1nc(C(=O)NC(c2nc(C(=O)NCC(N)=O)c(COC)s2)C(C)C)c(C)s1. The molecule has 7 aromatic heterocycles. The molecule has 508 valence electrons. The highest BCUT2D eigenvalue weighted by Gasteiger charge is 2.32. The number of carbonyl (C=O) groups is 9. The monoisotopic (exact) mass is 1430 g/mol. The van der Waals surface area contributed by atoms with E-state index in [1.54, 1.807) is 29.8 Å². The molecule has 0 fully saturated rings. The molecular weight excluding hydrogens is 1360 g/mol. The number of aryl methyl sites for hydroxylation is 1. The normalized spacial score (nSPS) is 12.5. The van der Waals surface area contributed by atoms with Crippen LogP contribution in [-0.2, 0) is 46.5 Å². The van der Waals surface area contributed by atoms with Gasteiger partial charge in [0, 0.05) is 77.8 Å². The van der Waals surface area contributed by atoms with Gasteiger partial charge < -0.3 is 56.9 Å². The van der Waals surface area contributed by atoms with Crippen molar-refractivity contribution in [3.8, 4) is 43.4 Å². The van der Waals surface area contributed by atoms with Crippen LogP contribution in [0, 0.1) is 18.8 Å². The predicted molar refractivity (Wildman–Crippen MR) is 361 cm³/mol. The van der Waals surface area contributed by atoms with Crippen molar-refractivity contribution in [2.45, 2.75) is 110 Å². The topological polar surface area (TPSA) is 421 Å². The van der Waals surface area contributed by atoms with Crippen molar-refractivity contribution < 1.29 is 73.1 Å². The van der Waals surface area contributed by atoms with Gasteiger partial charge in [-0.15, -0.1) is 68.0 Å². The second kappa shape index (κ2) is 34.7. The molecule has 8 aromatic rings. The molecule has 0 aliphatic rings. The number of carboxylic acid groups (broad SMARTS) is 3. The smallest absolute Gasteiger partial charge is 0.415 e. The third-order valence-corrected chi connectivity index (χ3v) is 20.1. The van der Waals surface area contributed by atoms with Gasteiger partial charge in [-0.3, -0.25) is 43.3 Å². The molecule has 8 rings (SSSR count). The summed E-state index contributed by atoms with van der Waals surface area (Å²) in [4.78, 5) is 150. The lowest BCUT2D eigenvalue weighted by Gasteiger charge is -2.22. The number of aromatic nitrogens is 7. The second-order valence-electron chi connectivity index (χ2n) is 22.1. The summed E-state index contributed by atoms with van der Waals surface area (Å²) in [6.45, 7) is 4.71. The van der Waals surface area contributed by atoms with Gasteiger partial charge in [-0.05, 0) is 56.2 Å². The minimum Gasteiger partial charge on any atom is -0.481 e. The number of thiazole rings is 6. The minimum absolute atomic E-state index is 0.00655. The standard InChI is InChI=1S/C62H69N13O15S6/c1-31(2)50(61-74-53(42(96-61)26-89-5)55(86)65-24-43(63)77)72-56(87)51-32(3)95-60(73-51)37(22-45(78)64-4)68-54(85)39-28-92-57(70-39)35-18-19-36(67-52(35)38-27-93-59(69-38)40-29-91-46(66-40)23-41(76)34-14-7-6-8-15-34)58-71-44(30-94-58)75(20-12-11-17-48(81)82)62(88)90-25-33(21-49(83)84)13-9-10-16-47(79)80/h6-8,14-15,18-19,27-31,33,37,41,50,76H,9-13,16-17,20-26H2,1-5H3,(H2,63,77)(H,64,78)(H,65,86)(H,68,85)(H,72,87)(H,79,80)(H,81,82)(H,83,84)/t33?,37-,41+,50?/m0/s1. The Balaban J connectivity index is 1.08. The van der Waals surface area contributed by atoms with Crippen molar-refractivity contribution in [1.29, 1.82) is 0 Å². The Hall–Kier alpha value is -8.90. The maximum absolute atomic E-state index is 14.4. The molecule has 10 N–H and O–H groups in total. The number of nitrogens with zero attached hydrogens (tertiary/aromatic N) is 8. The van der Waals surface area contributed by atoms with Crippen molar-refractivity contribution in [3.63, 3.8) is 0 Å². The van der Waals surface area contributed by atoms with Crippen LogP contribution in [0.3, 0.4) is 0 Å². The largest absolute Gasteiger partial charge is 0.481 e. The number of methoxy groups -OCH3 is 1. The van der Waals surface area contributed by atoms with E-state index in [4.69, 9.17) is 45.2 Å². The van der Waals surface area contributed by atoms with E-state index < -0.39 is 84.2 Å². The summed E-state index contributed by atoms with van der Waals surface area (Å²) < 4.78 is 11.0. The van der Waals surface area contributed by atoms with Gasteiger partial charge in [0.25, 0.3) is 17.7 Å². The summed E-state index contributed by atoms with van der Waals surface area (Å²) in [5.74, 6) is -6.94. The molecule has 4 atom stereocenters. The summed E-state index contributed by atoms with van der Waals surface area (Å²) in [6, 6.07) is 10.9. The Morgan fingerprint density at radius 1 is 0.677 bits per heavy atom. The molecule has 0 saturated heterocycles. The molecule has 0 aliphatic carbocycles. The highest BCUT2D eigenvalue weighted by molar-refractivity contribution is 7.15. The summed E-state index contributed by atoms with van der Waals surface area (Å²) in [6.07, 6.45) is -0.794. The van der Waals surface area contributed by atoms with Crippen LogP contribution in [0.1, 0.15) is 152 Å². The molecule has 0 radical (unpaired) electrons. The number of nitrogens with one attached hydrogen (secondary N) is 4. The Morgan fingerprint density at radius 3 is 2.07 bits per heavy atom. The highest BCUT2D eigenvalue weighted by atomic mass is 32.1. The van der Waals surface area contributed by atoms with Crippen molar-refractivity contribution in [2.75, 3.05) is 38.8 Å². The molecule has 6 amide bonds. The molecule has 34 heteroatoms. The Kier molecular flexibility index (Phi) is 26.3. The molecule has 2 unspecified atom stereocenters. The van der Waals surface area contributed by atoms with Crippen LogP contribution in [0.5, 0.6) is 0 Å². The summed E-state index contributed by atoms with van der Waals surface area (Å²) in [5, 5.41) is 59.3. The van der Waals surface area contributed by atoms with Crippen LogP contribution < -0.4 is 31.9 Å². The maximum Gasteiger partial charge on any atom is 0.415 e. The van der Waals surface area contributed by atoms with Crippen LogP contribution in [0.15, 0.2) is 64.0 Å². The van der Waals surface area contributed by atoms with Gasteiger partial charge in [-0.1, -0.05) is 50.6 Å². The maximum atomic E-state index is 14.4.